The summed E-state index contributed by atoms with van der Waals surface area (Å²) < 4.78 is 0. The Morgan fingerprint density at radius 3 is 2.75 bits per heavy atom. The molecular formula is C23H22N4O. The van der Waals surface area contributed by atoms with Gasteiger partial charge in [-0.25, -0.2) is 10.3 Å². The predicted molar refractivity (Wildman–Crippen MR) is 112 cm³/mol. The van der Waals surface area contributed by atoms with Gasteiger partial charge in [0.25, 0.3) is 5.91 Å². The number of hydrogen-bond donors (Lipinski definition) is 1. The first-order valence-corrected chi connectivity index (χ1v) is 9.42. The van der Waals surface area contributed by atoms with Crippen molar-refractivity contribution in [2.75, 3.05) is 11.9 Å². The van der Waals surface area contributed by atoms with Gasteiger partial charge in [-0.15, -0.1) is 0 Å². The van der Waals surface area contributed by atoms with Crippen LogP contribution in [0, 0.1) is 6.57 Å². The van der Waals surface area contributed by atoms with Crippen LogP contribution in [-0.4, -0.2) is 19.2 Å². The lowest BCUT2D eigenvalue weighted by Crippen LogP contribution is -2.31. The van der Waals surface area contributed by atoms with Gasteiger partial charge >= 0.3 is 0 Å². The molecule has 0 aromatic heterocycles. The van der Waals surface area contributed by atoms with Gasteiger partial charge in [-0.1, -0.05) is 42.5 Å². The highest BCUT2D eigenvalue weighted by molar-refractivity contribution is 5.95. The number of rotatable bonds is 3. The van der Waals surface area contributed by atoms with Gasteiger partial charge in [-0.2, -0.15) is 5.10 Å². The SMILES string of the molecule is [C-]#[N+]c1ccc(C(=O)N/N=C/C2=C3N(C)c4ccccc4C3(C)CCC2)cc1. The van der Waals surface area contributed by atoms with Gasteiger partial charge in [0.05, 0.1) is 12.8 Å². The molecular weight excluding hydrogens is 348 g/mol. The molecule has 0 radical (unpaired) electrons. The number of anilines is 1. The van der Waals surface area contributed by atoms with Crippen LogP contribution < -0.4 is 10.3 Å². The molecule has 2 aromatic rings. The molecule has 1 amide bonds. The summed E-state index contributed by atoms with van der Waals surface area (Å²) in [5, 5.41) is 4.23. The quantitative estimate of drug-likeness (QED) is 0.479. The molecule has 1 unspecified atom stereocenters. The van der Waals surface area contributed by atoms with Gasteiger partial charge in [-0.05, 0) is 43.4 Å². The lowest BCUT2D eigenvalue weighted by molar-refractivity contribution is 0.0955. The molecule has 0 saturated carbocycles. The summed E-state index contributed by atoms with van der Waals surface area (Å²) >= 11 is 0. The number of hydrazone groups is 1. The van der Waals surface area contributed by atoms with Crippen LogP contribution in [0.1, 0.15) is 42.1 Å². The van der Waals surface area contributed by atoms with E-state index >= 15 is 0 Å². The number of allylic oxidation sites excluding steroid dienone is 2. The smallest absolute Gasteiger partial charge is 0.271 e. The maximum absolute atomic E-state index is 12.3. The molecule has 0 bridgehead atoms. The third kappa shape index (κ3) is 2.87. The Bertz CT molecular complexity index is 1030. The molecule has 0 spiro atoms. The molecule has 2 aliphatic rings. The van der Waals surface area contributed by atoms with Crippen LogP contribution in [-0.2, 0) is 5.41 Å². The van der Waals surface area contributed by atoms with Crippen LogP contribution in [0.2, 0.25) is 0 Å². The normalized spacial score (nSPS) is 20.7. The minimum absolute atomic E-state index is 0.00938. The molecule has 1 heterocycles. The summed E-state index contributed by atoms with van der Waals surface area (Å²) in [5.74, 6) is -0.278. The van der Waals surface area contributed by atoms with E-state index in [0.717, 1.165) is 24.8 Å². The lowest BCUT2D eigenvalue weighted by atomic mass is 9.72. The van der Waals surface area contributed by atoms with Crippen molar-refractivity contribution in [2.45, 2.75) is 31.6 Å². The Morgan fingerprint density at radius 2 is 2.00 bits per heavy atom. The zero-order chi connectivity index (χ0) is 19.7. The van der Waals surface area contributed by atoms with Crippen molar-refractivity contribution in [1.82, 2.24) is 5.43 Å². The number of nitrogens with zero attached hydrogens (tertiary/aromatic N) is 3. The Labute approximate surface area is 165 Å². The molecule has 1 atom stereocenters. The summed E-state index contributed by atoms with van der Waals surface area (Å²) in [6.45, 7) is 9.28. The number of amides is 1. The third-order valence-corrected chi connectivity index (χ3v) is 5.79. The number of carbonyl (C=O) groups excluding carboxylic acids is 1. The fourth-order valence-electron chi connectivity index (χ4n) is 4.47. The molecule has 28 heavy (non-hydrogen) atoms. The van der Waals surface area contributed by atoms with E-state index in [1.807, 2.05) is 0 Å². The second-order valence-electron chi connectivity index (χ2n) is 7.49. The van der Waals surface area contributed by atoms with Crippen molar-refractivity contribution in [3.8, 4) is 0 Å². The first-order valence-electron chi connectivity index (χ1n) is 9.42. The minimum Gasteiger partial charge on any atom is -0.347 e. The van der Waals surface area contributed by atoms with E-state index in [1.54, 1.807) is 30.5 Å². The van der Waals surface area contributed by atoms with Crippen LogP contribution in [0.25, 0.3) is 4.85 Å². The van der Waals surface area contributed by atoms with Crippen molar-refractivity contribution >= 4 is 23.5 Å². The molecule has 0 fully saturated rings. The summed E-state index contributed by atoms with van der Waals surface area (Å²) in [4.78, 5) is 17.9. The highest BCUT2D eigenvalue weighted by Gasteiger charge is 2.44. The Hall–Kier alpha value is -3.39. The number of fused-ring (bicyclic) bond motifs is 3. The third-order valence-electron chi connectivity index (χ3n) is 5.79. The highest BCUT2D eigenvalue weighted by Crippen LogP contribution is 2.53. The largest absolute Gasteiger partial charge is 0.347 e. The predicted octanol–water partition coefficient (Wildman–Crippen LogP) is 4.80. The zero-order valence-corrected chi connectivity index (χ0v) is 16.1. The number of likely N-dealkylation sites (N-methyl/N-ethyl adjacent to an activating group) is 1. The average molecular weight is 370 g/mol. The van der Waals surface area contributed by atoms with Crippen LogP contribution in [0.5, 0.6) is 0 Å². The van der Waals surface area contributed by atoms with E-state index in [-0.39, 0.29) is 11.3 Å². The van der Waals surface area contributed by atoms with Gasteiger partial charge in [0.15, 0.2) is 5.69 Å². The number of para-hydroxylation sites is 1. The minimum atomic E-state index is -0.278. The second-order valence-corrected chi connectivity index (χ2v) is 7.49. The van der Waals surface area contributed by atoms with E-state index in [2.05, 4.69) is 58.5 Å². The van der Waals surface area contributed by atoms with Gasteiger partial charge in [-0.3, -0.25) is 4.79 Å². The number of hydrogen-bond acceptors (Lipinski definition) is 3. The first-order chi connectivity index (χ1) is 13.5. The maximum Gasteiger partial charge on any atom is 0.271 e. The standard InChI is InChI=1S/C23H22N4O/c1-23-14-6-7-17(21(23)27(3)20-9-5-4-8-19(20)23)15-25-26-22(28)16-10-12-18(24-2)13-11-16/h4-5,8-13,15H,6-7,14H2,1,3H3,(H,26,28)/b25-15+. The topological polar surface area (TPSA) is 49.1 Å². The molecule has 1 aliphatic carbocycles. The number of nitrogens with one attached hydrogen (secondary N) is 1. The van der Waals surface area contributed by atoms with E-state index in [0.29, 0.717) is 11.3 Å². The molecule has 0 saturated heterocycles. The maximum atomic E-state index is 12.3. The monoisotopic (exact) mass is 370 g/mol. The zero-order valence-electron chi connectivity index (χ0n) is 16.1. The fourth-order valence-corrected chi connectivity index (χ4v) is 4.47. The van der Waals surface area contributed by atoms with Crippen LogP contribution in [0.15, 0.2) is 64.9 Å². The second kappa shape index (κ2) is 6.97. The van der Waals surface area contributed by atoms with Gasteiger partial charge in [0.1, 0.15) is 0 Å². The van der Waals surface area contributed by atoms with E-state index in [1.165, 1.54) is 16.9 Å². The molecule has 1 N–H and O–H groups in total. The summed E-state index contributed by atoms with van der Waals surface area (Å²) in [6, 6.07) is 15.1. The van der Waals surface area contributed by atoms with Gasteiger partial charge in [0, 0.05) is 29.4 Å². The molecule has 5 nitrogen and oxygen atoms in total. The molecule has 1 aliphatic heterocycles. The van der Waals surface area contributed by atoms with Crippen molar-refractivity contribution in [3.05, 3.63) is 82.3 Å². The van der Waals surface area contributed by atoms with Crippen molar-refractivity contribution in [1.29, 1.82) is 0 Å². The van der Waals surface area contributed by atoms with Gasteiger partial charge < -0.3 is 4.90 Å². The van der Waals surface area contributed by atoms with E-state index in [4.69, 9.17) is 6.57 Å². The Kier molecular flexibility index (Phi) is 4.48. The van der Waals surface area contributed by atoms with Crippen molar-refractivity contribution < 1.29 is 4.79 Å². The summed E-state index contributed by atoms with van der Waals surface area (Å²) in [7, 11) is 2.11. The number of benzene rings is 2. The molecule has 140 valence electrons. The van der Waals surface area contributed by atoms with E-state index in [9.17, 15) is 4.79 Å². The average Bonchev–Trinajstić information content (AvgIpc) is 2.96. The van der Waals surface area contributed by atoms with Gasteiger partial charge in [0.2, 0.25) is 0 Å². The van der Waals surface area contributed by atoms with Crippen molar-refractivity contribution in [3.63, 3.8) is 0 Å². The lowest BCUT2D eigenvalue weighted by Gasteiger charge is -2.34. The summed E-state index contributed by atoms with van der Waals surface area (Å²) in [5.41, 5.74) is 8.65. The van der Waals surface area contributed by atoms with Crippen LogP contribution >= 0.6 is 0 Å². The fraction of sp³-hybridized carbons (Fsp3) is 0.261. The Balaban J connectivity index is 1.57. The highest BCUT2D eigenvalue weighted by atomic mass is 16.2. The van der Waals surface area contributed by atoms with Crippen LogP contribution in [0.3, 0.4) is 0 Å². The first kappa shape index (κ1) is 18.0. The van der Waals surface area contributed by atoms with Crippen LogP contribution in [0.4, 0.5) is 11.4 Å². The number of carbonyl (C=O) groups is 1. The molecule has 2 aromatic carbocycles. The molecule has 4 rings (SSSR count). The van der Waals surface area contributed by atoms with E-state index < -0.39 is 0 Å². The molecule has 5 heteroatoms. The summed E-state index contributed by atoms with van der Waals surface area (Å²) in [6.07, 6.45) is 4.94. The Morgan fingerprint density at radius 1 is 1.25 bits per heavy atom. The van der Waals surface area contributed by atoms with Crippen molar-refractivity contribution in [2.24, 2.45) is 5.10 Å².